The summed E-state index contributed by atoms with van der Waals surface area (Å²) in [6.07, 6.45) is 0.884. The van der Waals surface area contributed by atoms with Crippen LogP contribution in [0.15, 0.2) is 48.5 Å². The van der Waals surface area contributed by atoms with E-state index in [0.29, 0.717) is 6.61 Å². The Labute approximate surface area is 173 Å². The summed E-state index contributed by atoms with van der Waals surface area (Å²) in [4.78, 5) is 0. The van der Waals surface area contributed by atoms with Crippen molar-refractivity contribution < 1.29 is 20.2 Å². The summed E-state index contributed by atoms with van der Waals surface area (Å²) in [5.41, 5.74) is 4.31. The van der Waals surface area contributed by atoms with Crippen molar-refractivity contribution in [3.8, 4) is 11.1 Å². The van der Waals surface area contributed by atoms with Gasteiger partial charge in [-0.2, -0.15) is 0 Å². The molecule has 0 amide bonds. The third-order valence-corrected chi connectivity index (χ3v) is 33.9. The van der Waals surface area contributed by atoms with Crippen LogP contribution in [-0.2, 0) is 20.2 Å². The van der Waals surface area contributed by atoms with Crippen LogP contribution >= 0.6 is 18.6 Å². The third-order valence-electron chi connectivity index (χ3n) is 5.51. The van der Waals surface area contributed by atoms with Crippen LogP contribution in [0.5, 0.6) is 0 Å². The van der Waals surface area contributed by atoms with Gasteiger partial charge in [-0.15, -0.1) is 0 Å². The van der Waals surface area contributed by atoms with Gasteiger partial charge >= 0.3 is 174 Å². The second-order valence-corrected chi connectivity index (χ2v) is 39.4. The van der Waals surface area contributed by atoms with Gasteiger partial charge in [-0.05, 0) is 0 Å². The molecule has 0 radical (unpaired) electrons. The van der Waals surface area contributed by atoms with E-state index in [0.717, 1.165) is 34.7 Å². The van der Waals surface area contributed by atoms with Crippen LogP contribution in [-0.4, -0.2) is 21.6 Å². The normalized spacial score (nSPS) is 16.1. The summed E-state index contributed by atoms with van der Waals surface area (Å²) in [5, 5.41) is 0. The zero-order chi connectivity index (χ0) is 19.9. The first-order valence-electron chi connectivity index (χ1n) is 9.62. The Morgan fingerprint density at radius 1 is 1.00 bits per heavy atom. The third kappa shape index (κ3) is 4.42. The number of benzene rings is 2. The number of hydrogen-bond acceptors (Lipinski definition) is 2. The molecule has 27 heavy (non-hydrogen) atoms. The molecule has 0 aliphatic heterocycles. The van der Waals surface area contributed by atoms with Crippen LogP contribution in [0.4, 0.5) is 0 Å². The summed E-state index contributed by atoms with van der Waals surface area (Å²) >= 11 is -5.00. The predicted molar refractivity (Wildman–Crippen MR) is 118 cm³/mol. The van der Waals surface area contributed by atoms with Gasteiger partial charge in [0.2, 0.25) is 0 Å². The predicted octanol–water partition coefficient (Wildman–Crippen LogP) is 6.69. The standard InChI is InChI=1S/C13H9.C7H19OSi2.2ClH.O.Ti/c1-3-7-12-10(5-1)9-11-6-2-4-8-13(11)12;1-9-7-5-6-8-10(2,3)4;;;;/h1-9H;9H,5-7H2,1-4H3;2*1H;;/q;;;;;+2/p-2. The number of rotatable bonds is 7. The number of hydrogen-bond donors (Lipinski definition) is 0. The van der Waals surface area contributed by atoms with E-state index >= 15 is 0 Å². The first-order chi connectivity index (χ1) is 12.5. The van der Waals surface area contributed by atoms with Crippen molar-refractivity contribution in [3.05, 3.63) is 59.7 Å². The monoisotopic (exact) mass is 474 g/mol. The molecule has 0 bridgehead atoms. The fraction of sp³-hybridized carbons (Fsp3) is 0.400. The Bertz CT molecular complexity index is 859. The SMILES string of the molecule is C[SiH](CCCO[Si](C)(C)C)[Ti](=[O])([Cl])([Cl])[CH]1c2ccccc2-c2ccccc21. The fourth-order valence-corrected chi connectivity index (χ4v) is 21.2. The Morgan fingerprint density at radius 3 is 1.96 bits per heavy atom. The quantitative estimate of drug-likeness (QED) is 0.329. The van der Waals surface area contributed by atoms with Gasteiger partial charge in [0.15, 0.2) is 0 Å². The minimum atomic E-state index is -5.00. The molecule has 7 heteroatoms. The first kappa shape index (κ1) is 21.6. The molecule has 1 unspecified atom stereocenters. The van der Waals surface area contributed by atoms with Gasteiger partial charge in [-0.25, -0.2) is 0 Å². The van der Waals surface area contributed by atoms with Crippen LogP contribution in [0.2, 0.25) is 32.2 Å². The average molecular weight is 475 g/mol. The Balaban J connectivity index is 1.90. The van der Waals surface area contributed by atoms with E-state index in [2.05, 4.69) is 38.3 Å². The summed E-state index contributed by atoms with van der Waals surface area (Å²) in [7, 11) is 12.5. The van der Waals surface area contributed by atoms with Crippen molar-refractivity contribution in [2.24, 2.45) is 0 Å². The van der Waals surface area contributed by atoms with Gasteiger partial charge in [-0.1, -0.05) is 0 Å². The summed E-state index contributed by atoms with van der Waals surface area (Å²) in [6, 6.07) is 17.1. The second-order valence-electron chi connectivity index (χ2n) is 8.68. The molecule has 2 aromatic rings. The molecular formula is C20H28Cl2O2Si2Ti. The number of halogens is 2. The van der Waals surface area contributed by atoms with Gasteiger partial charge in [-0.3, -0.25) is 0 Å². The van der Waals surface area contributed by atoms with Crippen LogP contribution in [0.25, 0.3) is 11.1 Å². The Hall–Kier alpha value is -0.0719. The van der Waals surface area contributed by atoms with Crippen LogP contribution in [0.1, 0.15) is 21.8 Å². The van der Waals surface area contributed by atoms with Crippen molar-refractivity contribution in [2.75, 3.05) is 6.61 Å². The van der Waals surface area contributed by atoms with E-state index in [-0.39, 0.29) is 4.22 Å². The fourth-order valence-electron chi connectivity index (χ4n) is 4.00. The molecule has 0 saturated carbocycles. The molecule has 0 aromatic heterocycles. The van der Waals surface area contributed by atoms with Crippen LogP contribution < -0.4 is 0 Å². The van der Waals surface area contributed by atoms with Gasteiger partial charge < -0.3 is 0 Å². The van der Waals surface area contributed by atoms with Crippen LogP contribution in [0.3, 0.4) is 0 Å². The molecule has 1 atom stereocenters. The zero-order valence-corrected chi connectivity index (χ0v) is 21.7. The van der Waals surface area contributed by atoms with Gasteiger partial charge in [0.1, 0.15) is 0 Å². The van der Waals surface area contributed by atoms with Crippen molar-refractivity contribution in [1.82, 2.24) is 0 Å². The Kier molecular flexibility index (Phi) is 6.12. The van der Waals surface area contributed by atoms with Crippen molar-refractivity contribution >= 4 is 33.6 Å². The molecule has 2 nitrogen and oxygen atoms in total. The maximum absolute atomic E-state index is 14.3. The summed E-state index contributed by atoms with van der Waals surface area (Å²) in [6.45, 7) is 7.46. The summed E-state index contributed by atoms with van der Waals surface area (Å²) < 4.78 is 19.9. The van der Waals surface area contributed by atoms with Crippen molar-refractivity contribution in [2.45, 2.75) is 42.9 Å². The van der Waals surface area contributed by atoms with E-state index in [1.807, 2.05) is 36.4 Å². The van der Waals surface area contributed by atoms with E-state index in [4.69, 9.17) is 23.0 Å². The molecule has 0 fully saturated rings. The zero-order valence-electron chi connectivity index (χ0n) is 16.5. The average Bonchev–Trinajstić information content (AvgIpc) is 2.93. The molecule has 0 saturated heterocycles. The molecule has 0 N–H and O–H groups in total. The van der Waals surface area contributed by atoms with Gasteiger partial charge in [0.25, 0.3) is 0 Å². The van der Waals surface area contributed by atoms with Crippen molar-refractivity contribution in [3.63, 3.8) is 0 Å². The van der Waals surface area contributed by atoms with Gasteiger partial charge in [0.05, 0.1) is 0 Å². The van der Waals surface area contributed by atoms with E-state index < -0.39 is 27.4 Å². The maximum atomic E-state index is 14.3. The molecular weight excluding hydrogens is 447 g/mol. The van der Waals surface area contributed by atoms with E-state index in [1.165, 1.54) is 0 Å². The Morgan fingerprint density at radius 2 is 1.48 bits per heavy atom. The molecule has 1 aliphatic rings. The molecule has 3 rings (SSSR count). The topological polar surface area (TPSA) is 26.3 Å². The van der Waals surface area contributed by atoms with Gasteiger partial charge in [0, 0.05) is 0 Å². The number of fused-ring (bicyclic) bond motifs is 3. The minimum absolute atomic E-state index is 0.350. The second kappa shape index (κ2) is 7.64. The van der Waals surface area contributed by atoms with Crippen molar-refractivity contribution in [1.29, 1.82) is 0 Å². The summed E-state index contributed by atoms with van der Waals surface area (Å²) in [5.74, 6) is 0. The first-order valence-corrected chi connectivity index (χ1v) is 24.1. The molecule has 2 aromatic carbocycles. The molecule has 1 aliphatic carbocycles. The molecule has 0 heterocycles. The molecule has 0 spiro atoms. The van der Waals surface area contributed by atoms with E-state index in [1.54, 1.807) is 0 Å². The van der Waals surface area contributed by atoms with Crippen LogP contribution in [0, 0.1) is 0 Å². The molecule has 146 valence electrons. The van der Waals surface area contributed by atoms with E-state index in [9.17, 15) is 3.32 Å².